The summed E-state index contributed by atoms with van der Waals surface area (Å²) in [6, 6.07) is 8.06. The molecule has 10 nitrogen and oxygen atoms in total. The first kappa shape index (κ1) is 27.9. The molecule has 3 aromatic rings. The van der Waals surface area contributed by atoms with Gasteiger partial charge in [-0.05, 0) is 84.8 Å². The third kappa shape index (κ3) is 5.24. The van der Waals surface area contributed by atoms with Crippen molar-refractivity contribution >= 4 is 51.9 Å². The van der Waals surface area contributed by atoms with Crippen LogP contribution in [0.2, 0.25) is 0 Å². The quantitative estimate of drug-likeness (QED) is 0.213. The number of benzene rings is 2. The van der Waals surface area contributed by atoms with Crippen LogP contribution in [0.5, 0.6) is 23.0 Å². The zero-order valence-corrected chi connectivity index (χ0v) is 25.1. The number of ether oxygens (including phenoxy) is 5. The van der Waals surface area contributed by atoms with Gasteiger partial charge in [0.1, 0.15) is 0 Å². The molecule has 0 amide bonds. The number of halogens is 1. The Labute approximate surface area is 246 Å². The third-order valence-electron chi connectivity index (χ3n) is 6.10. The van der Waals surface area contributed by atoms with Crippen LogP contribution in [0.15, 0.2) is 51.4 Å². The van der Waals surface area contributed by atoms with Gasteiger partial charge < -0.3 is 23.7 Å². The second kappa shape index (κ2) is 11.5. The van der Waals surface area contributed by atoms with Crippen LogP contribution in [0.25, 0.3) is 6.08 Å². The van der Waals surface area contributed by atoms with E-state index in [0.717, 1.165) is 0 Å². The smallest absolute Gasteiger partial charge is 0.338 e. The summed E-state index contributed by atoms with van der Waals surface area (Å²) in [7, 11) is 0. The molecule has 1 atom stereocenters. The lowest BCUT2D eigenvalue weighted by atomic mass is 9.95. The molecule has 0 spiro atoms. The number of aromatic nitrogens is 1. The van der Waals surface area contributed by atoms with E-state index in [2.05, 4.69) is 27.6 Å². The lowest BCUT2D eigenvalue weighted by Crippen LogP contribution is -2.39. The number of esters is 2. The summed E-state index contributed by atoms with van der Waals surface area (Å²) in [5.41, 5.74) is 1.76. The Bertz CT molecular complexity index is 1740. The highest BCUT2D eigenvalue weighted by molar-refractivity contribution is 14.1. The summed E-state index contributed by atoms with van der Waals surface area (Å²) < 4.78 is 30.0. The molecule has 3 heterocycles. The first-order chi connectivity index (χ1) is 19.2. The van der Waals surface area contributed by atoms with Crippen molar-refractivity contribution in [3.05, 3.63) is 76.0 Å². The molecule has 208 valence electrons. The molecule has 0 N–H and O–H groups in total. The Balaban J connectivity index is 1.68. The minimum absolute atomic E-state index is 0.0971. The zero-order chi connectivity index (χ0) is 28.6. The molecule has 0 aliphatic carbocycles. The van der Waals surface area contributed by atoms with Crippen LogP contribution in [0, 0.1) is 3.57 Å². The number of nitrogens with zero attached hydrogens (tertiary/aromatic N) is 2. The standard InChI is InChI=1S/C28H25IN2O8S/c1-5-35-21-10-16(9-18(29)25(21)39-15(4)32)11-22-26(33)31-24(17-7-8-19-20(12-17)38-13-37-19)23(27(34)36-6-2)14(3)30-28(31)40-22/h7-12,24H,5-6,13H2,1-4H3/b22-11-/t24-/m0/s1. The summed E-state index contributed by atoms with van der Waals surface area (Å²) >= 11 is 3.27. The molecule has 0 radical (unpaired) electrons. The van der Waals surface area contributed by atoms with Crippen LogP contribution in [0.4, 0.5) is 0 Å². The Morgan fingerprint density at radius 3 is 2.67 bits per heavy atom. The minimum Gasteiger partial charge on any atom is -0.490 e. The lowest BCUT2D eigenvalue weighted by Gasteiger charge is -2.24. The van der Waals surface area contributed by atoms with Crippen molar-refractivity contribution in [3.8, 4) is 23.0 Å². The highest BCUT2D eigenvalue weighted by atomic mass is 127. The van der Waals surface area contributed by atoms with E-state index in [1.807, 2.05) is 6.92 Å². The number of hydrogen-bond donors (Lipinski definition) is 0. The van der Waals surface area contributed by atoms with Gasteiger partial charge in [-0.2, -0.15) is 0 Å². The number of rotatable bonds is 7. The van der Waals surface area contributed by atoms with Gasteiger partial charge in [-0.1, -0.05) is 17.4 Å². The molecule has 12 heteroatoms. The fraction of sp³-hybridized carbons (Fsp3) is 0.286. The number of hydrogen-bond acceptors (Lipinski definition) is 10. The number of carbonyl (C=O) groups is 2. The van der Waals surface area contributed by atoms with Gasteiger partial charge in [0.05, 0.1) is 38.6 Å². The van der Waals surface area contributed by atoms with Crippen molar-refractivity contribution in [2.24, 2.45) is 4.99 Å². The average Bonchev–Trinajstić information content (AvgIpc) is 3.49. The van der Waals surface area contributed by atoms with Crippen molar-refractivity contribution in [1.82, 2.24) is 4.57 Å². The number of carbonyl (C=O) groups excluding carboxylic acids is 2. The van der Waals surface area contributed by atoms with E-state index in [9.17, 15) is 14.4 Å². The van der Waals surface area contributed by atoms with E-state index >= 15 is 0 Å². The summed E-state index contributed by atoms with van der Waals surface area (Å²) in [5.74, 6) is 0.831. The minimum atomic E-state index is -0.780. The van der Waals surface area contributed by atoms with Gasteiger partial charge in [-0.25, -0.2) is 9.79 Å². The van der Waals surface area contributed by atoms with Gasteiger partial charge in [0.15, 0.2) is 27.8 Å². The summed E-state index contributed by atoms with van der Waals surface area (Å²) in [6.45, 7) is 7.24. The summed E-state index contributed by atoms with van der Waals surface area (Å²) in [4.78, 5) is 43.7. The molecule has 40 heavy (non-hydrogen) atoms. The fourth-order valence-electron chi connectivity index (χ4n) is 4.52. The predicted octanol–water partition coefficient (Wildman–Crippen LogP) is 3.46. The molecule has 2 aliphatic heterocycles. The van der Waals surface area contributed by atoms with Crippen LogP contribution < -0.4 is 33.8 Å². The Morgan fingerprint density at radius 1 is 1.18 bits per heavy atom. The maximum atomic E-state index is 13.9. The number of thiazole rings is 1. The van der Waals surface area contributed by atoms with E-state index in [4.69, 9.17) is 23.7 Å². The van der Waals surface area contributed by atoms with Crippen LogP contribution in [-0.4, -0.2) is 36.5 Å². The van der Waals surface area contributed by atoms with Crippen molar-refractivity contribution in [2.75, 3.05) is 20.0 Å². The first-order valence-electron chi connectivity index (χ1n) is 12.5. The van der Waals surface area contributed by atoms with Gasteiger partial charge in [0, 0.05) is 6.92 Å². The fourth-order valence-corrected chi connectivity index (χ4v) is 6.30. The van der Waals surface area contributed by atoms with Gasteiger partial charge in [0.25, 0.3) is 5.56 Å². The van der Waals surface area contributed by atoms with Gasteiger partial charge >= 0.3 is 11.9 Å². The van der Waals surface area contributed by atoms with Crippen LogP contribution in [0.3, 0.4) is 0 Å². The van der Waals surface area contributed by atoms with E-state index in [1.165, 1.54) is 22.8 Å². The maximum Gasteiger partial charge on any atom is 0.338 e. The van der Waals surface area contributed by atoms with Crippen LogP contribution in [0.1, 0.15) is 44.9 Å². The summed E-state index contributed by atoms with van der Waals surface area (Å²) in [5, 5.41) is 0. The van der Waals surface area contributed by atoms with Crippen LogP contribution >= 0.6 is 33.9 Å². The molecule has 1 aromatic heterocycles. The Hall–Kier alpha value is -3.65. The monoisotopic (exact) mass is 676 g/mol. The third-order valence-corrected chi connectivity index (χ3v) is 7.89. The molecular weight excluding hydrogens is 651 g/mol. The topological polar surface area (TPSA) is 115 Å². The van der Waals surface area contributed by atoms with Crippen molar-refractivity contribution in [3.63, 3.8) is 0 Å². The van der Waals surface area contributed by atoms with E-state index in [0.29, 0.717) is 59.3 Å². The first-order valence-corrected chi connectivity index (χ1v) is 14.3. The van der Waals surface area contributed by atoms with Crippen LogP contribution in [-0.2, 0) is 14.3 Å². The second-order valence-corrected chi connectivity index (χ2v) is 10.9. The Morgan fingerprint density at radius 2 is 1.95 bits per heavy atom. The highest BCUT2D eigenvalue weighted by Crippen LogP contribution is 2.38. The maximum absolute atomic E-state index is 13.9. The van der Waals surface area contributed by atoms with Gasteiger partial charge in [-0.3, -0.25) is 14.2 Å². The molecule has 0 unspecified atom stereocenters. The largest absolute Gasteiger partial charge is 0.490 e. The normalized spacial score (nSPS) is 15.9. The van der Waals surface area contributed by atoms with Gasteiger partial charge in [0.2, 0.25) is 6.79 Å². The molecule has 2 aromatic carbocycles. The highest BCUT2D eigenvalue weighted by Gasteiger charge is 2.34. The van der Waals surface area contributed by atoms with Crippen molar-refractivity contribution in [1.29, 1.82) is 0 Å². The molecule has 2 aliphatic rings. The molecular formula is C28H25IN2O8S. The second-order valence-electron chi connectivity index (χ2n) is 8.77. The van der Waals surface area contributed by atoms with E-state index in [1.54, 1.807) is 50.3 Å². The van der Waals surface area contributed by atoms with Crippen molar-refractivity contribution < 1.29 is 33.3 Å². The zero-order valence-electron chi connectivity index (χ0n) is 22.1. The Kier molecular flexibility index (Phi) is 7.99. The van der Waals surface area contributed by atoms with E-state index in [-0.39, 0.29) is 24.5 Å². The average molecular weight is 676 g/mol. The molecule has 0 bridgehead atoms. The van der Waals surface area contributed by atoms with Gasteiger partial charge in [-0.15, -0.1) is 0 Å². The predicted molar refractivity (Wildman–Crippen MR) is 155 cm³/mol. The molecule has 0 saturated heterocycles. The number of fused-ring (bicyclic) bond motifs is 2. The lowest BCUT2D eigenvalue weighted by molar-refractivity contribution is -0.139. The molecule has 0 saturated carbocycles. The molecule has 5 rings (SSSR count). The summed E-state index contributed by atoms with van der Waals surface area (Å²) in [6.07, 6.45) is 1.73. The SMILES string of the molecule is CCOC(=O)C1=C(C)N=c2s/c(=C\c3cc(I)c(OC(C)=O)c(OCC)c3)c(=O)n2[C@H]1c1ccc2c(c1)OCO2. The van der Waals surface area contributed by atoms with Crippen molar-refractivity contribution in [2.45, 2.75) is 33.7 Å². The van der Waals surface area contributed by atoms with E-state index < -0.39 is 18.0 Å². The number of allylic oxidation sites excluding steroid dienone is 1. The molecule has 0 fully saturated rings.